The van der Waals surface area contributed by atoms with Gasteiger partial charge in [0.1, 0.15) is 0 Å². The molecule has 2 atom stereocenters. The van der Waals surface area contributed by atoms with Gasteiger partial charge in [-0.3, -0.25) is 0 Å². The fourth-order valence-corrected chi connectivity index (χ4v) is 15.0. The molecule has 63 heavy (non-hydrogen) atoms. The maximum absolute atomic E-state index is 2.95. The normalized spacial score (nSPS) is 25.6. The molecule has 1 fully saturated rings. The van der Waals surface area contributed by atoms with Gasteiger partial charge < -0.3 is 9.80 Å². The first-order valence-electron chi connectivity index (χ1n) is 25.3. The third-order valence-corrected chi connectivity index (χ3v) is 19.3. The van der Waals surface area contributed by atoms with Gasteiger partial charge in [0.25, 0.3) is 6.71 Å². The van der Waals surface area contributed by atoms with Crippen LogP contribution in [0.15, 0.2) is 71.5 Å². The van der Waals surface area contributed by atoms with Crippen molar-refractivity contribution in [3.05, 3.63) is 98.6 Å². The van der Waals surface area contributed by atoms with E-state index < -0.39 is 0 Å². The van der Waals surface area contributed by atoms with Crippen molar-refractivity contribution < 1.29 is 0 Å². The van der Waals surface area contributed by atoms with E-state index >= 15 is 0 Å². The van der Waals surface area contributed by atoms with E-state index in [2.05, 4.69) is 180 Å². The molecule has 0 saturated heterocycles. The van der Waals surface area contributed by atoms with Crippen LogP contribution in [0.1, 0.15) is 208 Å². The van der Waals surface area contributed by atoms with Gasteiger partial charge in [-0.05, 0) is 165 Å². The van der Waals surface area contributed by atoms with Crippen molar-refractivity contribution in [1.29, 1.82) is 0 Å². The molecule has 2 aliphatic heterocycles. The second kappa shape index (κ2) is 14.4. The SMILES string of the molecule is CC1=CC(C(C)(C)C)CC=C1N1c2cc3c(cc2B2c4sc5c(c4N(C4C=CC(C(C)(C)C)=CC4)c4cc(C6CCCCC6)cc1c42)C(C)(C)CCC5(C)C)C(C)(C)CCC3(C)C. The second-order valence-corrected chi connectivity index (χ2v) is 27.2. The van der Waals surface area contributed by atoms with Crippen LogP contribution in [0.3, 0.4) is 0 Å². The van der Waals surface area contributed by atoms with Gasteiger partial charge in [0.2, 0.25) is 0 Å². The molecule has 1 aromatic heterocycles. The molecule has 0 bridgehead atoms. The standard InChI is InChI=1S/C59H79BN2S/c1-36-31-40(55(5,6)7)23-26-45(36)62-46-35-43-42(56(8,9)27-28-57(43,10)11)34-44(46)60-50-47(32-38(33-48(50)62)37-19-17-16-18-20-37)61(41-24-21-39(22-25-41)54(2,3)4)51-49-52(63-53(51)60)59(14,15)30-29-58(49,12)13/h21-22,24,26,31-35,37,40-41H,16-20,23,25,27-30H2,1-15H3. The molecule has 3 heterocycles. The first-order chi connectivity index (χ1) is 29.4. The largest absolute Gasteiger partial charge is 0.334 e. The lowest BCUT2D eigenvalue weighted by atomic mass is 9.35. The summed E-state index contributed by atoms with van der Waals surface area (Å²) in [6.45, 7) is 37.4. The summed E-state index contributed by atoms with van der Waals surface area (Å²) in [5.41, 5.74) is 20.5. The summed E-state index contributed by atoms with van der Waals surface area (Å²) in [6, 6.07) is 11.3. The molecule has 0 radical (unpaired) electrons. The van der Waals surface area contributed by atoms with Gasteiger partial charge in [-0.25, -0.2) is 0 Å². The molecule has 5 aliphatic carbocycles. The minimum Gasteiger partial charge on any atom is -0.334 e. The molecule has 4 heteroatoms. The third-order valence-electron chi connectivity index (χ3n) is 17.7. The van der Waals surface area contributed by atoms with Gasteiger partial charge in [0, 0.05) is 32.4 Å². The van der Waals surface area contributed by atoms with Crippen molar-refractivity contribution >= 4 is 56.5 Å². The van der Waals surface area contributed by atoms with Gasteiger partial charge >= 0.3 is 0 Å². The quantitative estimate of drug-likeness (QED) is 0.242. The summed E-state index contributed by atoms with van der Waals surface area (Å²) in [5, 5.41) is 0. The molecular weight excluding hydrogens is 780 g/mol. The average Bonchev–Trinajstić information content (AvgIpc) is 3.64. The van der Waals surface area contributed by atoms with Gasteiger partial charge in [0.15, 0.2) is 0 Å². The summed E-state index contributed by atoms with van der Waals surface area (Å²) >= 11 is 2.21. The van der Waals surface area contributed by atoms with Crippen molar-refractivity contribution in [3.63, 3.8) is 0 Å². The van der Waals surface area contributed by atoms with Gasteiger partial charge in [-0.2, -0.15) is 11.3 Å². The Labute approximate surface area is 387 Å². The van der Waals surface area contributed by atoms with Crippen molar-refractivity contribution in [2.75, 3.05) is 9.80 Å². The first-order valence-corrected chi connectivity index (χ1v) is 26.1. The van der Waals surface area contributed by atoms with Crippen LogP contribution in [0.2, 0.25) is 0 Å². The molecule has 2 unspecified atom stereocenters. The van der Waals surface area contributed by atoms with Crippen molar-refractivity contribution in [2.45, 2.75) is 208 Å². The summed E-state index contributed by atoms with van der Waals surface area (Å²) in [7, 11) is 0. The fraction of sp³-hybridized carbons (Fsp3) is 0.593. The average molecular weight is 859 g/mol. The summed E-state index contributed by atoms with van der Waals surface area (Å²) < 4.78 is 1.60. The molecule has 1 saturated carbocycles. The van der Waals surface area contributed by atoms with Crippen LogP contribution < -0.4 is 25.5 Å². The predicted octanol–water partition coefficient (Wildman–Crippen LogP) is 15.1. The Morgan fingerprint density at radius 3 is 1.95 bits per heavy atom. The zero-order valence-corrected chi connectivity index (χ0v) is 42.9. The first kappa shape index (κ1) is 43.6. The highest BCUT2D eigenvalue weighted by Gasteiger charge is 2.53. The van der Waals surface area contributed by atoms with Crippen molar-refractivity contribution in [3.8, 4) is 0 Å². The van der Waals surface area contributed by atoms with E-state index in [9.17, 15) is 0 Å². The maximum Gasteiger partial charge on any atom is 0.264 e. The number of allylic oxidation sites excluding steroid dienone is 5. The molecule has 334 valence electrons. The molecule has 10 rings (SSSR count). The Morgan fingerprint density at radius 1 is 0.698 bits per heavy atom. The molecule has 0 amide bonds. The predicted molar refractivity (Wildman–Crippen MR) is 277 cm³/mol. The molecule has 7 aliphatic rings. The minimum absolute atomic E-state index is 0.0864. The third kappa shape index (κ3) is 6.89. The smallest absolute Gasteiger partial charge is 0.264 e. The summed E-state index contributed by atoms with van der Waals surface area (Å²) in [5.74, 6) is 1.12. The zero-order valence-electron chi connectivity index (χ0n) is 42.1. The fourth-order valence-electron chi connectivity index (χ4n) is 13.2. The highest BCUT2D eigenvalue weighted by atomic mass is 32.1. The Balaban J connectivity index is 1.32. The zero-order chi connectivity index (χ0) is 45.0. The Hall–Kier alpha value is -3.24. The highest BCUT2D eigenvalue weighted by molar-refractivity contribution is 7.29. The monoisotopic (exact) mass is 859 g/mol. The summed E-state index contributed by atoms with van der Waals surface area (Å²) in [6.07, 6.45) is 26.6. The molecule has 2 aromatic carbocycles. The van der Waals surface area contributed by atoms with Crippen molar-refractivity contribution in [2.24, 2.45) is 16.7 Å². The highest BCUT2D eigenvalue weighted by Crippen LogP contribution is 2.57. The lowest BCUT2D eigenvalue weighted by Crippen LogP contribution is -2.63. The molecule has 0 spiro atoms. The van der Waals surface area contributed by atoms with Crippen LogP contribution in [-0.2, 0) is 21.7 Å². The minimum atomic E-state index is 0.0864. The topological polar surface area (TPSA) is 6.48 Å². The van der Waals surface area contributed by atoms with Crippen LogP contribution in [-0.4, -0.2) is 12.8 Å². The van der Waals surface area contributed by atoms with Gasteiger partial charge in [0.05, 0.1) is 11.7 Å². The number of fused-ring (bicyclic) bond motifs is 7. The lowest BCUT2D eigenvalue weighted by molar-refractivity contribution is 0.291. The number of hydrogen-bond donors (Lipinski definition) is 0. The Morgan fingerprint density at radius 2 is 1.33 bits per heavy atom. The van der Waals surface area contributed by atoms with Crippen molar-refractivity contribution in [1.82, 2.24) is 0 Å². The van der Waals surface area contributed by atoms with Crippen LogP contribution in [0.4, 0.5) is 22.7 Å². The van der Waals surface area contributed by atoms with E-state index in [1.807, 2.05) is 0 Å². The van der Waals surface area contributed by atoms with E-state index in [0.29, 0.717) is 11.8 Å². The number of thiophene rings is 1. The second-order valence-electron chi connectivity index (χ2n) is 26.2. The lowest BCUT2D eigenvalue weighted by Gasteiger charge is -2.49. The van der Waals surface area contributed by atoms with E-state index in [0.717, 1.165) is 12.8 Å². The van der Waals surface area contributed by atoms with E-state index in [-0.39, 0.29) is 45.2 Å². The van der Waals surface area contributed by atoms with Crippen LogP contribution >= 0.6 is 11.3 Å². The number of nitrogens with zero attached hydrogens (tertiary/aromatic N) is 2. The number of benzene rings is 2. The van der Waals surface area contributed by atoms with E-state index in [1.165, 1.54) is 97.2 Å². The molecule has 0 N–H and O–H groups in total. The van der Waals surface area contributed by atoms with Crippen LogP contribution in [0, 0.1) is 16.7 Å². The molecule has 3 aromatic rings. The molecule has 2 nitrogen and oxygen atoms in total. The Bertz CT molecular complexity index is 2510. The van der Waals surface area contributed by atoms with E-state index in [1.54, 1.807) is 43.1 Å². The summed E-state index contributed by atoms with van der Waals surface area (Å²) in [4.78, 5) is 7.43. The van der Waals surface area contributed by atoms with Gasteiger partial charge in [-0.1, -0.05) is 153 Å². The Kier molecular flexibility index (Phi) is 9.96. The van der Waals surface area contributed by atoms with E-state index in [4.69, 9.17) is 0 Å². The number of hydrogen-bond acceptors (Lipinski definition) is 3. The van der Waals surface area contributed by atoms with Gasteiger partial charge in [-0.15, -0.1) is 0 Å². The number of rotatable bonds is 3. The molecular formula is C59H79BN2S. The maximum atomic E-state index is 2.95. The van der Waals surface area contributed by atoms with Crippen LogP contribution in [0.25, 0.3) is 0 Å². The number of anilines is 4. The van der Waals surface area contributed by atoms with Crippen LogP contribution in [0.5, 0.6) is 0 Å².